The first-order valence-corrected chi connectivity index (χ1v) is 12.8. The lowest BCUT2D eigenvalue weighted by Gasteiger charge is -2.62. The second-order valence-corrected chi connectivity index (χ2v) is 12.3. The van der Waals surface area contributed by atoms with Crippen LogP contribution in [0.5, 0.6) is 0 Å². The molecule has 0 heterocycles. The Morgan fingerprint density at radius 3 is 2.43 bits per heavy atom. The summed E-state index contributed by atoms with van der Waals surface area (Å²) < 4.78 is 0. The van der Waals surface area contributed by atoms with Gasteiger partial charge in [0.05, 0.1) is 0 Å². The maximum absolute atomic E-state index is 4.03. The van der Waals surface area contributed by atoms with Gasteiger partial charge in [0, 0.05) is 6.04 Å². The summed E-state index contributed by atoms with van der Waals surface area (Å²) in [5, 5.41) is 4.03. The Morgan fingerprint density at radius 1 is 0.867 bits per heavy atom. The van der Waals surface area contributed by atoms with Gasteiger partial charge in [0.1, 0.15) is 0 Å². The lowest BCUT2D eigenvalue weighted by atomic mass is 9.43. The maximum atomic E-state index is 4.03. The number of hydrogen-bond acceptors (Lipinski definition) is 1. The molecule has 0 radical (unpaired) electrons. The van der Waals surface area contributed by atoms with E-state index in [4.69, 9.17) is 0 Å². The van der Waals surface area contributed by atoms with E-state index in [1.165, 1.54) is 50.5 Å². The monoisotopic (exact) mass is 405 g/mol. The zero-order chi connectivity index (χ0) is 21.0. The van der Waals surface area contributed by atoms with Gasteiger partial charge in [-0.1, -0.05) is 70.2 Å². The molecule has 0 bridgehead atoms. The molecular formula is C29H43N. The van der Waals surface area contributed by atoms with Crippen molar-refractivity contribution in [3.05, 3.63) is 48.0 Å². The van der Waals surface area contributed by atoms with Gasteiger partial charge in [-0.25, -0.2) is 0 Å². The highest BCUT2D eigenvalue weighted by Crippen LogP contribution is 2.67. The normalized spacial score (nSPS) is 44.2. The van der Waals surface area contributed by atoms with Crippen LogP contribution in [0, 0.1) is 39.9 Å². The predicted octanol–water partition coefficient (Wildman–Crippen LogP) is 7.03. The topological polar surface area (TPSA) is 12.0 Å². The van der Waals surface area contributed by atoms with E-state index >= 15 is 0 Å². The van der Waals surface area contributed by atoms with Crippen molar-refractivity contribution in [3.63, 3.8) is 0 Å². The third-order valence-electron chi connectivity index (χ3n) is 10.5. The molecule has 0 amide bonds. The van der Waals surface area contributed by atoms with Crippen LogP contribution >= 0.6 is 0 Å². The summed E-state index contributed by atoms with van der Waals surface area (Å²) in [4.78, 5) is 0. The zero-order valence-electron chi connectivity index (χ0n) is 19.8. The van der Waals surface area contributed by atoms with E-state index in [1.54, 1.807) is 0 Å². The van der Waals surface area contributed by atoms with E-state index in [1.807, 2.05) is 0 Å². The first-order chi connectivity index (χ1) is 14.3. The summed E-state index contributed by atoms with van der Waals surface area (Å²) in [6.07, 6.45) is 16.2. The quantitative estimate of drug-likeness (QED) is 0.530. The van der Waals surface area contributed by atoms with Crippen LogP contribution in [0.15, 0.2) is 42.5 Å². The second kappa shape index (κ2) is 7.51. The summed E-state index contributed by atoms with van der Waals surface area (Å²) in [6.45, 7) is 11.5. The van der Waals surface area contributed by atoms with Crippen LogP contribution in [-0.2, 0) is 6.42 Å². The van der Waals surface area contributed by atoms with Crippen LogP contribution in [0.2, 0.25) is 0 Å². The number of allylic oxidation sites excluding steroid dienone is 2. The molecule has 1 aromatic rings. The molecule has 1 aromatic carbocycles. The molecule has 0 aromatic heterocycles. The van der Waals surface area contributed by atoms with Crippen molar-refractivity contribution in [2.24, 2.45) is 39.9 Å². The molecule has 4 aliphatic carbocycles. The molecule has 164 valence electrons. The van der Waals surface area contributed by atoms with E-state index in [2.05, 4.69) is 75.5 Å². The molecule has 30 heavy (non-hydrogen) atoms. The number of benzene rings is 1. The molecule has 0 spiro atoms. The highest BCUT2D eigenvalue weighted by Gasteiger charge is 2.61. The largest absolute Gasteiger partial charge is 0.313 e. The Kier molecular flexibility index (Phi) is 5.20. The smallest absolute Gasteiger partial charge is 0.0124 e. The molecule has 1 nitrogen and oxygen atoms in total. The number of fused-ring (bicyclic) bond motifs is 5. The van der Waals surface area contributed by atoms with Crippen LogP contribution in [0.3, 0.4) is 0 Å². The predicted molar refractivity (Wildman–Crippen MR) is 127 cm³/mol. The average molecular weight is 406 g/mol. The Bertz CT molecular complexity index is 779. The first kappa shape index (κ1) is 20.8. The molecule has 7 atom stereocenters. The number of hydrogen-bond donors (Lipinski definition) is 1. The van der Waals surface area contributed by atoms with Gasteiger partial charge < -0.3 is 5.32 Å². The van der Waals surface area contributed by atoms with Gasteiger partial charge in [-0.3, -0.25) is 0 Å². The van der Waals surface area contributed by atoms with E-state index in [0.717, 1.165) is 42.7 Å². The lowest BCUT2D eigenvalue weighted by molar-refractivity contribution is -0.116. The van der Waals surface area contributed by atoms with Crippen molar-refractivity contribution in [2.45, 2.75) is 85.1 Å². The summed E-state index contributed by atoms with van der Waals surface area (Å²) in [5.41, 5.74) is 2.89. The van der Waals surface area contributed by atoms with E-state index in [0.29, 0.717) is 16.2 Å². The van der Waals surface area contributed by atoms with Crippen LogP contribution in [0.1, 0.15) is 78.2 Å². The summed E-state index contributed by atoms with van der Waals surface area (Å²) in [5.74, 6) is 3.73. The fourth-order valence-electron chi connectivity index (χ4n) is 9.08. The molecule has 4 aliphatic rings. The molecule has 3 saturated carbocycles. The fraction of sp³-hybridized carbons (Fsp3) is 0.724. The van der Waals surface area contributed by atoms with Gasteiger partial charge in [0.15, 0.2) is 0 Å². The van der Waals surface area contributed by atoms with Gasteiger partial charge in [0.25, 0.3) is 0 Å². The number of rotatable bonds is 4. The van der Waals surface area contributed by atoms with E-state index < -0.39 is 0 Å². The van der Waals surface area contributed by atoms with Crippen molar-refractivity contribution in [1.29, 1.82) is 0 Å². The van der Waals surface area contributed by atoms with Gasteiger partial charge in [0.2, 0.25) is 0 Å². The average Bonchev–Trinajstić information content (AvgIpc) is 3.05. The minimum Gasteiger partial charge on any atom is -0.313 e. The summed E-state index contributed by atoms with van der Waals surface area (Å²) in [6, 6.07) is 11.7. The Morgan fingerprint density at radius 2 is 1.63 bits per heavy atom. The summed E-state index contributed by atoms with van der Waals surface area (Å²) >= 11 is 0. The third kappa shape index (κ3) is 3.22. The number of nitrogens with one attached hydrogen (secondary N) is 1. The highest BCUT2D eigenvalue weighted by molar-refractivity contribution is 5.18. The first-order valence-electron chi connectivity index (χ1n) is 12.8. The van der Waals surface area contributed by atoms with Gasteiger partial charge in [-0.2, -0.15) is 0 Å². The van der Waals surface area contributed by atoms with Gasteiger partial charge in [-0.05, 0) is 103 Å². The Labute approximate surface area is 185 Å². The zero-order valence-corrected chi connectivity index (χ0v) is 19.8. The van der Waals surface area contributed by atoms with E-state index in [-0.39, 0.29) is 0 Å². The SMILES string of the molecule is CC1(C)C=CC[C@]2(C)[C@H]3CC[C@]4(C)C(NCCc5ccccc5)CC[C@H]4[C@@H]3CC[C@@H]12. The standard InChI is InChI=1S/C29H43N/c1-27(2)17-8-18-28(3)24-15-19-29(4)23(22(24)11-13-25(27)28)12-14-26(29)30-20-16-21-9-6-5-7-10-21/h5-10,17,22-26,30H,11-16,18-20H2,1-4H3/t22-,23-,24-,25-,26?,28+,29-/m0/s1. The Hall–Kier alpha value is -1.08. The van der Waals surface area contributed by atoms with Gasteiger partial charge in [-0.15, -0.1) is 0 Å². The van der Waals surface area contributed by atoms with Crippen molar-refractivity contribution in [3.8, 4) is 0 Å². The molecule has 5 rings (SSSR count). The molecule has 1 N–H and O–H groups in total. The Balaban J connectivity index is 1.29. The highest BCUT2D eigenvalue weighted by atomic mass is 14.9. The second-order valence-electron chi connectivity index (χ2n) is 12.3. The summed E-state index contributed by atoms with van der Waals surface area (Å²) in [7, 11) is 0. The molecule has 1 unspecified atom stereocenters. The lowest BCUT2D eigenvalue weighted by Crippen LogP contribution is -2.56. The van der Waals surface area contributed by atoms with Crippen LogP contribution in [-0.4, -0.2) is 12.6 Å². The molecular weight excluding hydrogens is 362 g/mol. The van der Waals surface area contributed by atoms with Crippen LogP contribution in [0.4, 0.5) is 0 Å². The fourth-order valence-corrected chi connectivity index (χ4v) is 9.08. The van der Waals surface area contributed by atoms with Crippen molar-refractivity contribution in [1.82, 2.24) is 5.32 Å². The molecule has 0 aliphatic heterocycles. The van der Waals surface area contributed by atoms with Crippen LogP contribution < -0.4 is 5.32 Å². The maximum Gasteiger partial charge on any atom is 0.0124 e. The minimum atomic E-state index is 0.385. The van der Waals surface area contributed by atoms with Crippen LogP contribution in [0.25, 0.3) is 0 Å². The van der Waals surface area contributed by atoms with Crippen molar-refractivity contribution >= 4 is 0 Å². The van der Waals surface area contributed by atoms with Crippen molar-refractivity contribution in [2.75, 3.05) is 6.54 Å². The third-order valence-corrected chi connectivity index (χ3v) is 10.5. The van der Waals surface area contributed by atoms with E-state index in [9.17, 15) is 0 Å². The molecule has 0 saturated heterocycles. The minimum absolute atomic E-state index is 0.385. The van der Waals surface area contributed by atoms with Gasteiger partial charge >= 0.3 is 0 Å². The van der Waals surface area contributed by atoms with Crippen molar-refractivity contribution < 1.29 is 0 Å². The molecule has 3 fully saturated rings. The molecule has 1 heteroatoms.